The third-order valence-corrected chi connectivity index (χ3v) is 9.64. The molecule has 0 radical (unpaired) electrons. The van der Waals surface area contributed by atoms with Gasteiger partial charge < -0.3 is 0 Å². The van der Waals surface area contributed by atoms with Crippen LogP contribution in [-0.4, -0.2) is 31.4 Å². The number of thiol groups is 1. The molecule has 2 aromatic heterocycles. The van der Waals surface area contributed by atoms with Crippen LogP contribution in [0.4, 0.5) is 0 Å². The summed E-state index contributed by atoms with van der Waals surface area (Å²) in [7, 11) is 0. The van der Waals surface area contributed by atoms with Crippen molar-refractivity contribution in [2.75, 3.05) is 0 Å². The number of fused-ring (bicyclic) bond motifs is 3. The van der Waals surface area contributed by atoms with Crippen molar-refractivity contribution in [3.05, 3.63) is 181 Å². The molecule has 53 heavy (non-hydrogen) atoms. The topological polar surface area (TPSA) is 87.8 Å². The summed E-state index contributed by atoms with van der Waals surface area (Å²) in [5.41, 5.74) is 11.2. The van der Waals surface area contributed by atoms with Crippen molar-refractivity contribution in [1.82, 2.24) is 19.9 Å². The molecule has 0 saturated carbocycles. The molecule has 0 spiro atoms. The highest BCUT2D eigenvalue weighted by Gasteiger charge is 2.30. The van der Waals surface area contributed by atoms with Crippen molar-refractivity contribution in [1.29, 1.82) is 5.41 Å². The van der Waals surface area contributed by atoms with Crippen molar-refractivity contribution in [2.45, 2.75) is 0 Å². The number of allylic oxidation sites excluding steroid dienone is 1. The first-order valence-corrected chi connectivity index (χ1v) is 17.6. The Morgan fingerprint density at radius 2 is 0.925 bits per heavy atom. The van der Waals surface area contributed by atoms with E-state index in [-0.39, 0.29) is 5.71 Å². The lowest BCUT2D eigenvalue weighted by Gasteiger charge is -2.23. The first-order valence-electron chi connectivity index (χ1n) is 17.2. The van der Waals surface area contributed by atoms with E-state index in [0.29, 0.717) is 28.8 Å². The lowest BCUT2D eigenvalue weighted by atomic mass is 9.84. The van der Waals surface area contributed by atoms with Gasteiger partial charge in [0, 0.05) is 38.8 Å². The third kappa shape index (κ3) is 6.03. The van der Waals surface area contributed by atoms with E-state index >= 15 is 0 Å². The van der Waals surface area contributed by atoms with Crippen LogP contribution in [0.2, 0.25) is 0 Å². The molecule has 9 rings (SSSR count). The number of benzene rings is 6. The van der Waals surface area contributed by atoms with Gasteiger partial charge in [-0.25, -0.2) is 24.3 Å². The summed E-state index contributed by atoms with van der Waals surface area (Å²) in [5, 5.41) is 10.5. The van der Waals surface area contributed by atoms with E-state index in [9.17, 15) is 5.41 Å². The third-order valence-electron chi connectivity index (χ3n) is 9.44. The second-order valence-electron chi connectivity index (χ2n) is 12.7. The van der Waals surface area contributed by atoms with Crippen LogP contribution in [0.5, 0.6) is 0 Å². The lowest BCUT2D eigenvalue weighted by molar-refractivity contribution is 1.04. The second-order valence-corrected chi connectivity index (χ2v) is 12.9. The Bertz CT molecular complexity index is 2640. The van der Waals surface area contributed by atoms with Crippen molar-refractivity contribution in [2.24, 2.45) is 4.40 Å². The summed E-state index contributed by atoms with van der Waals surface area (Å²) >= 11 is 4.44. The van der Waals surface area contributed by atoms with Crippen LogP contribution < -0.4 is 0 Å². The van der Waals surface area contributed by atoms with Gasteiger partial charge in [-0.3, -0.25) is 5.41 Å². The van der Waals surface area contributed by atoms with E-state index in [2.05, 4.69) is 65.7 Å². The van der Waals surface area contributed by atoms with Gasteiger partial charge in [0.25, 0.3) is 0 Å². The van der Waals surface area contributed by atoms with Crippen LogP contribution in [0.15, 0.2) is 168 Å². The molecular weight excluding hydrogens is 669 g/mol. The van der Waals surface area contributed by atoms with E-state index in [1.54, 1.807) is 0 Å². The molecule has 1 aliphatic rings. The fourth-order valence-electron chi connectivity index (χ4n) is 6.88. The van der Waals surface area contributed by atoms with Gasteiger partial charge in [-0.15, -0.1) is 0 Å². The van der Waals surface area contributed by atoms with Crippen LogP contribution >= 0.6 is 12.8 Å². The van der Waals surface area contributed by atoms with Crippen molar-refractivity contribution < 1.29 is 0 Å². The summed E-state index contributed by atoms with van der Waals surface area (Å²) in [5.74, 6) is 1.35. The van der Waals surface area contributed by atoms with Crippen LogP contribution in [-0.2, 0) is 0 Å². The number of rotatable bonds is 6. The standard InChI is InChI=1S/C46H30N6S/c47-41-38(28-37-40(43(41)52-53)36-24-10-11-25-39(36)48-42(37)31-18-8-3-9-19-31)46-50-44(34-22-12-20-32(26-34)29-14-4-1-5-15-29)49-45(51-46)35-23-13-21-33(27-35)30-16-6-2-7-17-30/h1-28,47,53H/b47-41?,52-43-. The zero-order valence-corrected chi connectivity index (χ0v) is 29.2. The van der Waals surface area contributed by atoms with Crippen LogP contribution in [0.1, 0.15) is 17.0 Å². The molecule has 0 saturated heterocycles. The van der Waals surface area contributed by atoms with E-state index < -0.39 is 0 Å². The predicted octanol–water partition coefficient (Wildman–Crippen LogP) is 11.0. The maximum Gasteiger partial charge on any atom is 0.166 e. The highest BCUT2D eigenvalue weighted by molar-refractivity contribution is 7.79. The lowest BCUT2D eigenvalue weighted by Crippen LogP contribution is -2.23. The smallest absolute Gasteiger partial charge is 0.166 e. The van der Waals surface area contributed by atoms with Crippen molar-refractivity contribution in [3.63, 3.8) is 0 Å². The molecule has 1 aliphatic carbocycles. The van der Waals surface area contributed by atoms with Crippen LogP contribution in [0, 0.1) is 5.41 Å². The number of hydrogen-bond acceptors (Lipinski definition) is 7. The molecule has 0 fully saturated rings. The summed E-state index contributed by atoms with van der Waals surface area (Å²) in [4.78, 5) is 20.4. The monoisotopic (exact) mass is 698 g/mol. The van der Waals surface area contributed by atoms with Gasteiger partial charge in [0.05, 0.1) is 16.9 Å². The number of para-hydroxylation sites is 1. The maximum absolute atomic E-state index is 9.60. The van der Waals surface area contributed by atoms with Gasteiger partial charge in [-0.2, -0.15) is 0 Å². The Morgan fingerprint density at radius 3 is 1.49 bits per heavy atom. The van der Waals surface area contributed by atoms with E-state index in [4.69, 9.17) is 19.9 Å². The average Bonchev–Trinajstić information content (AvgIpc) is 3.24. The molecule has 0 atom stereocenters. The number of nitrogens with zero attached hydrogens (tertiary/aromatic N) is 5. The Morgan fingerprint density at radius 1 is 0.453 bits per heavy atom. The zero-order chi connectivity index (χ0) is 35.7. The molecule has 0 aliphatic heterocycles. The Kier molecular flexibility index (Phi) is 8.31. The van der Waals surface area contributed by atoms with Crippen molar-refractivity contribution in [3.8, 4) is 56.3 Å². The predicted molar refractivity (Wildman–Crippen MR) is 220 cm³/mol. The SMILES string of the molecule is N=C1C(c2nc(-c3cccc(-c4ccccc4)c3)nc(-c3cccc(-c4ccccc4)c3)n2)=Cc2c(-c3ccccc3)nc3ccccc3c2/C1=N/S. The van der Waals surface area contributed by atoms with Gasteiger partial charge in [0.2, 0.25) is 0 Å². The van der Waals surface area contributed by atoms with E-state index in [1.807, 2.05) is 121 Å². The fourth-order valence-corrected chi connectivity index (χ4v) is 7.08. The first-order chi connectivity index (χ1) is 26.1. The highest BCUT2D eigenvalue weighted by atomic mass is 32.1. The summed E-state index contributed by atoms with van der Waals surface area (Å²) in [6.07, 6.45) is 1.98. The number of nitrogens with one attached hydrogen (secondary N) is 1. The molecular formula is C46H30N6S. The average molecular weight is 699 g/mol. The molecule has 6 nitrogen and oxygen atoms in total. The summed E-state index contributed by atoms with van der Waals surface area (Å²) in [6.45, 7) is 0. The number of aromatic nitrogens is 4. The van der Waals surface area contributed by atoms with Gasteiger partial charge >= 0.3 is 0 Å². The molecule has 0 unspecified atom stereocenters. The van der Waals surface area contributed by atoms with Gasteiger partial charge in [0.15, 0.2) is 17.5 Å². The maximum atomic E-state index is 9.60. The largest absolute Gasteiger partial charge is 0.298 e. The summed E-state index contributed by atoms with van der Waals surface area (Å²) in [6, 6.07) is 54.9. The Labute approximate surface area is 312 Å². The van der Waals surface area contributed by atoms with Crippen LogP contribution in [0.3, 0.4) is 0 Å². The van der Waals surface area contributed by atoms with E-state index in [1.165, 1.54) is 0 Å². The Hall–Kier alpha value is -6.83. The zero-order valence-electron chi connectivity index (χ0n) is 28.3. The second kappa shape index (κ2) is 13.7. The van der Waals surface area contributed by atoms with E-state index in [0.717, 1.165) is 66.7 Å². The molecule has 6 aromatic carbocycles. The first kappa shape index (κ1) is 32.1. The molecule has 0 bridgehead atoms. The molecule has 7 heteroatoms. The quantitative estimate of drug-likeness (QED) is 0.169. The minimum Gasteiger partial charge on any atom is -0.298 e. The molecule has 1 N–H and O–H groups in total. The van der Waals surface area contributed by atoms with Gasteiger partial charge in [-0.05, 0) is 59.3 Å². The van der Waals surface area contributed by atoms with Crippen molar-refractivity contribution >= 4 is 46.8 Å². The molecule has 0 amide bonds. The number of hydrogen-bond donors (Lipinski definition) is 2. The molecule has 250 valence electrons. The van der Waals surface area contributed by atoms with Gasteiger partial charge in [0.1, 0.15) is 5.71 Å². The summed E-state index contributed by atoms with van der Waals surface area (Å²) < 4.78 is 4.43. The highest BCUT2D eigenvalue weighted by Crippen LogP contribution is 2.39. The number of pyridine rings is 1. The molecule has 8 aromatic rings. The minimum absolute atomic E-state index is 0.169. The molecule has 2 heterocycles. The fraction of sp³-hybridized carbons (Fsp3) is 0. The minimum atomic E-state index is 0.169. The van der Waals surface area contributed by atoms with Gasteiger partial charge in [-0.1, -0.05) is 146 Å². The normalized spacial score (nSPS) is 13.2. The Balaban J connectivity index is 1.29. The van der Waals surface area contributed by atoms with Crippen LogP contribution in [0.25, 0.3) is 78.8 Å².